The molecule has 96 valence electrons. The number of nitrogens with zero attached hydrogens (tertiary/aromatic N) is 1. The third-order valence-electron chi connectivity index (χ3n) is 3.19. The van der Waals surface area contributed by atoms with Gasteiger partial charge < -0.3 is 10.5 Å². The van der Waals surface area contributed by atoms with Gasteiger partial charge in [-0.1, -0.05) is 30.3 Å². The lowest BCUT2D eigenvalue weighted by Gasteiger charge is -2.14. The molecule has 0 spiro atoms. The molecule has 1 atom stereocenters. The molecule has 0 bridgehead atoms. The second kappa shape index (κ2) is 4.28. The van der Waals surface area contributed by atoms with Crippen LogP contribution in [0.4, 0.5) is 0 Å². The van der Waals surface area contributed by atoms with Gasteiger partial charge in [-0.05, 0) is 16.8 Å². The zero-order valence-electron chi connectivity index (χ0n) is 10.4. The number of benzene rings is 2. The Morgan fingerprint density at radius 3 is 2.74 bits per heavy atom. The van der Waals surface area contributed by atoms with Gasteiger partial charge in [-0.25, -0.2) is 4.99 Å². The number of carbonyl (C=O) groups excluding carboxylic acids is 1. The van der Waals surface area contributed by atoms with E-state index in [0.29, 0.717) is 5.75 Å². The first kappa shape index (κ1) is 11.5. The maximum Gasteiger partial charge on any atom is 0.256 e. The van der Waals surface area contributed by atoms with Crippen LogP contribution in [0.5, 0.6) is 5.75 Å². The minimum absolute atomic E-state index is 0.144. The fourth-order valence-corrected chi connectivity index (χ4v) is 2.36. The molecule has 5 nitrogen and oxygen atoms in total. The molecule has 0 saturated heterocycles. The highest BCUT2D eigenvalue weighted by Crippen LogP contribution is 2.36. The van der Waals surface area contributed by atoms with E-state index in [1.54, 1.807) is 7.11 Å². The number of methoxy groups -OCH3 is 1. The molecule has 0 aliphatic carbocycles. The molecule has 0 aromatic heterocycles. The summed E-state index contributed by atoms with van der Waals surface area (Å²) in [5.41, 5.74) is 6.31. The largest absolute Gasteiger partial charge is 0.496 e. The van der Waals surface area contributed by atoms with E-state index in [-0.39, 0.29) is 11.9 Å². The van der Waals surface area contributed by atoms with Gasteiger partial charge in [0, 0.05) is 5.56 Å². The minimum Gasteiger partial charge on any atom is -0.496 e. The summed E-state index contributed by atoms with van der Waals surface area (Å²) in [5.74, 6) is 0.550. The van der Waals surface area contributed by atoms with Gasteiger partial charge >= 0.3 is 0 Å². The summed E-state index contributed by atoms with van der Waals surface area (Å²) in [4.78, 5) is 16.1. The van der Waals surface area contributed by atoms with Crippen molar-refractivity contribution in [3.63, 3.8) is 0 Å². The Kier molecular flexibility index (Phi) is 2.59. The molecule has 19 heavy (non-hydrogen) atoms. The zero-order chi connectivity index (χ0) is 13.4. The number of ether oxygens (including phenoxy) is 1. The number of rotatable bonds is 2. The van der Waals surface area contributed by atoms with Crippen molar-refractivity contribution in [3.05, 3.63) is 42.0 Å². The molecule has 1 aliphatic rings. The van der Waals surface area contributed by atoms with Crippen LogP contribution < -0.4 is 15.8 Å². The topological polar surface area (TPSA) is 76.7 Å². The molecule has 3 rings (SSSR count). The van der Waals surface area contributed by atoms with E-state index in [2.05, 4.69) is 10.3 Å². The zero-order valence-corrected chi connectivity index (χ0v) is 10.4. The lowest BCUT2D eigenvalue weighted by molar-refractivity contribution is -0.120. The SMILES string of the molecule is COc1ccc2ccccc2c1C1N=C(N)NC1=O. The number of fused-ring (bicyclic) bond motifs is 1. The average Bonchev–Trinajstić information content (AvgIpc) is 2.76. The molecule has 0 radical (unpaired) electrons. The number of hydrogen-bond acceptors (Lipinski definition) is 4. The van der Waals surface area contributed by atoms with Crippen LogP contribution in [-0.2, 0) is 4.79 Å². The predicted molar refractivity (Wildman–Crippen MR) is 73.0 cm³/mol. The van der Waals surface area contributed by atoms with Gasteiger partial charge in [0.2, 0.25) is 0 Å². The van der Waals surface area contributed by atoms with E-state index in [4.69, 9.17) is 10.5 Å². The number of amides is 1. The highest BCUT2D eigenvalue weighted by Gasteiger charge is 2.30. The van der Waals surface area contributed by atoms with Gasteiger partial charge in [0.15, 0.2) is 12.0 Å². The standard InChI is InChI=1S/C14H13N3O2/c1-19-10-7-6-8-4-2-3-5-9(8)11(10)12-13(18)17-14(15)16-12/h2-7,12H,1H3,(H3,15,16,17,18). The van der Waals surface area contributed by atoms with Crippen LogP contribution in [0.3, 0.4) is 0 Å². The second-order valence-corrected chi connectivity index (χ2v) is 4.31. The van der Waals surface area contributed by atoms with Gasteiger partial charge in [0.05, 0.1) is 7.11 Å². The normalized spacial score (nSPS) is 18.3. The molecule has 0 saturated carbocycles. The van der Waals surface area contributed by atoms with Crippen molar-refractivity contribution in [2.45, 2.75) is 6.04 Å². The Bertz CT molecular complexity index is 694. The molecule has 1 unspecified atom stereocenters. The van der Waals surface area contributed by atoms with Crippen molar-refractivity contribution in [1.29, 1.82) is 0 Å². The van der Waals surface area contributed by atoms with Gasteiger partial charge in [-0.2, -0.15) is 0 Å². The van der Waals surface area contributed by atoms with Crippen LogP contribution in [0.2, 0.25) is 0 Å². The van der Waals surface area contributed by atoms with Gasteiger partial charge in [0.1, 0.15) is 5.75 Å². The molecular formula is C14H13N3O2. The number of carbonyl (C=O) groups is 1. The highest BCUT2D eigenvalue weighted by atomic mass is 16.5. The summed E-state index contributed by atoms with van der Waals surface area (Å²) in [5, 5.41) is 4.49. The summed E-state index contributed by atoms with van der Waals surface area (Å²) in [6, 6.07) is 11.0. The van der Waals surface area contributed by atoms with Gasteiger partial charge in [0.25, 0.3) is 5.91 Å². The Hall–Kier alpha value is -2.56. The van der Waals surface area contributed by atoms with Crippen molar-refractivity contribution in [2.24, 2.45) is 10.7 Å². The number of hydrogen-bond donors (Lipinski definition) is 2. The minimum atomic E-state index is -0.652. The summed E-state index contributed by atoms with van der Waals surface area (Å²) < 4.78 is 5.36. The number of aliphatic imine (C=N–C) groups is 1. The van der Waals surface area contributed by atoms with Crippen LogP contribution in [0.25, 0.3) is 10.8 Å². The Balaban J connectivity index is 2.28. The summed E-state index contributed by atoms with van der Waals surface area (Å²) in [6.45, 7) is 0. The summed E-state index contributed by atoms with van der Waals surface area (Å²) in [7, 11) is 1.58. The van der Waals surface area contributed by atoms with E-state index >= 15 is 0 Å². The van der Waals surface area contributed by atoms with Crippen molar-refractivity contribution in [1.82, 2.24) is 5.32 Å². The van der Waals surface area contributed by atoms with Crippen LogP contribution in [0.15, 0.2) is 41.4 Å². The number of guanidine groups is 1. The van der Waals surface area contributed by atoms with E-state index < -0.39 is 6.04 Å². The fraction of sp³-hybridized carbons (Fsp3) is 0.143. The van der Waals surface area contributed by atoms with E-state index in [9.17, 15) is 4.79 Å². The highest BCUT2D eigenvalue weighted by molar-refractivity contribution is 6.06. The molecule has 1 heterocycles. The predicted octanol–water partition coefficient (Wildman–Crippen LogP) is 1.33. The van der Waals surface area contributed by atoms with Crippen LogP contribution >= 0.6 is 0 Å². The quantitative estimate of drug-likeness (QED) is 0.850. The van der Waals surface area contributed by atoms with Crippen LogP contribution in [-0.4, -0.2) is 19.0 Å². The first-order valence-electron chi connectivity index (χ1n) is 5.90. The van der Waals surface area contributed by atoms with Crippen molar-refractivity contribution >= 4 is 22.6 Å². The first-order valence-corrected chi connectivity index (χ1v) is 5.90. The lowest BCUT2D eigenvalue weighted by Crippen LogP contribution is -2.31. The van der Waals surface area contributed by atoms with Gasteiger partial charge in [-0.15, -0.1) is 0 Å². The Morgan fingerprint density at radius 1 is 1.26 bits per heavy atom. The summed E-state index contributed by atoms with van der Waals surface area (Å²) in [6.07, 6.45) is 0. The molecule has 3 N–H and O–H groups in total. The molecule has 5 heteroatoms. The smallest absolute Gasteiger partial charge is 0.256 e. The van der Waals surface area contributed by atoms with Gasteiger partial charge in [-0.3, -0.25) is 10.1 Å². The van der Waals surface area contributed by atoms with E-state index in [1.165, 1.54) is 0 Å². The van der Waals surface area contributed by atoms with E-state index in [1.807, 2.05) is 36.4 Å². The maximum absolute atomic E-state index is 11.9. The lowest BCUT2D eigenvalue weighted by atomic mass is 9.97. The number of nitrogens with two attached hydrogens (primary N) is 1. The fourth-order valence-electron chi connectivity index (χ4n) is 2.36. The second-order valence-electron chi connectivity index (χ2n) is 4.31. The molecule has 1 aliphatic heterocycles. The molecule has 1 amide bonds. The van der Waals surface area contributed by atoms with Crippen LogP contribution in [0.1, 0.15) is 11.6 Å². The third kappa shape index (κ3) is 1.79. The summed E-state index contributed by atoms with van der Waals surface area (Å²) >= 11 is 0. The third-order valence-corrected chi connectivity index (χ3v) is 3.19. The Labute approximate surface area is 110 Å². The Morgan fingerprint density at radius 2 is 2.05 bits per heavy atom. The first-order chi connectivity index (χ1) is 9.20. The van der Waals surface area contributed by atoms with E-state index in [0.717, 1.165) is 16.3 Å². The maximum atomic E-state index is 11.9. The molecule has 0 fully saturated rings. The number of nitrogens with one attached hydrogen (secondary N) is 1. The van der Waals surface area contributed by atoms with Crippen molar-refractivity contribution in [3.8, 4) is 5.75 Å². The average molecular weight is 255 g/mol. The molecule has 2 aromatic carbocycles. The van der Waals surface area contributed by atoms with Crippen LogP contribution in [0, 0.1) is 0 Å². The van der Waals surface area contributed by atoms with Crippen molar-refractivity contribution in [2.75, 3.05) is 7.11 Å². The molecule has 2 aromatic rings. The monoisotopic (exact) mass is 255 g/mol. The molecular weight excluding hydrogens is 242 g/mol. The van der Waals surface area contributed by atoms with Crippen molar-refractivity contribution < 1.29 is 9.53 Å².